The van der Waals surface area contributed by atoms with Crippen LogP contribution in [0.25, 0.3) is 11.0 Å². The van der Waals surface area contributed by atoms with E-state index in [1.165, 1.54) is 10.9 Å². The van der Waals surface area contributed by atoms with Gasteiger partial charge in [0.05, 0.1) is 12.3 Å². The molecule has 1 aromatic carbocycles. The Balaban J connectivity index is 1.80. The molecule has 0 aliphatic rings. The average Bonchev–Trinajstić information content (AvgIpc) is 3.03. The molecule has 98 valence electrons. The summed E-state index contributed by atoms with van der Waals surface area (Å²) in [5.41, 5.74) is 2.16. The van der Waals surface area contributed by atoms with E-state index in [0.29, 0.717) is 0 Å². The molecule has 1 atom stereocenters. The van der Waals surface area contributed by atoms with E-state index in [2.05, 4.69) is 18.3 Å². The molecule has 0 fully saturated rings. The summed E-state index contributed by atoms with van der Waals surface area (Å²) in [6.07, 6.45) is 1.70. The molecule has 19 heavy (non-hydrogen) atoms. The molecule has 0 saturated carbocycles. The maximum atomic E-state index is 5.76. The molecule has 2 heterocycles. The molecule has 0 unspecified atom stereocenters. The summed E-state index contributed by atoms with van der Waals surface area (Å²) in [5.74, 6) is 1.92. The van der Waals surface area contributed by atoms with Crippen molar-refractivity contribution >= 4 is 11.0 Å². The SMILES string of the molecule is Cc1oc2ccccc2c1CN[C@@H](C)c1ccco1. The zero-order chi connectivity index (χ0) is 13.2. The fourth-order valence-corrected chi connectivity index (χ4v) is 2.33. The van der Waals surface area contributed by atoms with Gasteiger partial charge in [-0.15, -0.1) is 0 Å². The lowest BCUT2D eigenvalue weighted by Crippen LogP contribution is -2.17. The van der Waals surface area contributed by atoms with Crippen LogP contribution in [0, 0.1) is 6.92 Å². The van der Waals surface area contributed by atoms with Crippen molar-refractivity contribution in [3.05, 3.63) is 59.7 Å². The van der Waals surface area contributed by atoms with Crippen molar-refractivity contribution in [1.82, 2.24) is 5.32 Å². The highest BCUT2D eigenvalue weighted by atomic mass is 16.3. The Labute approximate surface area is 112 Å². The number of aryl methyl sites for hydroxylation is 1. The minimum atomic E-state index is 0.183. The Morgan fingerprint density at radius 2 is 2.00 bits per heavy atom. The van der Waals surface area contributed by atoms with Crippen LogP contribution in [0.5, 0.6) is 0 Å². The van der Waals surface area contributed by atoms with E-state index >= 15 is 0 Å². The van der Waals surface area contributed by atoms with Crippen LogP contribution in [0.4, 0.5) is 0 Å². The Bertz CT molecular complexity index is 667. The first-order chi connectivity index (χ1) is 9.25. The number of hydrogen-bond acceptors (Lipinski definition) is 3. The number of benzene rings is 1. The van der Waals surface area contributed by atoms with Crippen LogP contribution >= 0.6 is 0 Å². The molecule has 0 spiro atoms. The van der Waals surface area contributed by atoms with Crippen molar-refractivity contribution in [2.24, 2.45) is 0 Å². The first-order valence-electron chi connectivity index (χ1n) is 6.49. The molecule has 0 bridgehead atoms. The molecule has 3 rings (SSSR count). The summed E-state index contributed by atoms with van der Waals surface area (Å²) in [6, 6.07) is 12.2. The summed E-state index contributed by atoms with van der Waals surface area (Å²) in [4.78, 5) is 0. The third-order valence-electron chi connectivity index (χ3n) is 3.46. The maximum absolute atomic E-state index is 5.76. The molecule has 0 saturated heterocycles. The Kier molecular flexibility index (Phi) is 3.13. The van der Waals surface area contributed by atoms with Crippen LogP contribution in [0.1, 0.15) is 30.0 Å². The van der Waals surface area contributed by atoms with Gasteiger partial charge in [0.2, 0.25) is 0 Å². The summed E-state index contributed by atoms with van der Waals surface area (Å²) in [5, 5.41) is 4.65. The van der Waals surface area contributed by atoms with E-state index in [-0.39, 0.29) is 6.04 Å². The monoisotopic (exact) mass is 255 g/mol. The molecular formula is C16H17NO2. The van der Waals surface area contributed by atoms with E-state index in [1.807, 2.05) is 37.3 Å². The van der Waals surface area contributed by atoms with Gasteiger partial charge in [0.15, 0.2) is 0 Å². The van der Waals surface area contributed by atoms with Gasteiger partial charge in [-0.2, -0.15) is 0 Å². The van der Waals surface area contributed by atoms with Crippen molar-refractivity contribution < 1.29 is 8.83 Å². The lowest BCUT2D eigenvalue weighted by molar-refractivity contribution is 0.429. The number of furan rings is 2. The maximum Gasteiger partial charge on any atom is 0.134 e. The van der Waals surface area contributed by atoms with Gasteiger partial charge in [-0.1, -0.05) is 18.2 Å². The predicted octanol–water partition coefficient (Wildman–Crippen LogP) is 4.19. The molecule has 0 aliphatic heterocycles. The second kappa shape index (κ2) is 4.94. The lowest BCUT2D eigenvalue weighted by Gasteiger charge is -2.10. The summed E-state index contributed by atoms with van der Waals surface area (Å²) in [6.45, 7) is 4.87. The zero-order valence-electron chi connectivity index (χ0n) is 11.1. The highest BCUT2D eigenvalue weighted by molar-refractivity contribution is 5.82. The fraction of sp³-hybridized carbons (Fsp3) is 0.250. The van der Waals surface area contributed by atoms with Crippen LogP contribution in [0.3, 0.4) is 0 Å². The van der Waals surface area contributed by atoms with Crippen LogP contribution in [0.15, 0.2) is 51.5 Å². The van der Waals surface area contributed by atoms with Crippen molar-refractivity contribution in [3.63, 3.8) is 0 Å². The molecule has 1 N–H and O–H groups in total. The minimum absolute atomic E-state index is 0.183. The topological polar surface area (TPSA) is 38.3 Å². The number of rotatable bonds is 4. The first kappa shape index (κ1) is 12.1. The van der Waals surface area contributed by atoms with Crippen molar-refractivity contribution in [3.8, 4) is 0 Å². The third-order valence-corrected chi connectivity index (χ3v) is 3.46. The van der Waals surface area contributed by atoms with Gasteiger partial charge in [-0.05, 0) is 32.0 Å². The van der Waals surface area contributed by atoms with E-state index in [1.54, 1.807) is 6.26 Å². The van der Waals surface area contributed by atoms with Gasteiger partial charge in [0.25, 0.3) is 0 Å². The summed E-state index contributed by atoms with van der Waals surface area (Å²) < 4.78 is 11.2. The molecule has 0 aliphatic carbocycles. The van der Waals surface area contributed by atoms with Crippen LogP contribution in [-0.2, 0) is 6.54 Å². The second-order valence-electron chi connectivity index (χ2n) is 4.75. The minimum Gasteiger partial charge on any atom is -0.468 e. The lowest BCUT2D eigenvalue weighted by atomic mass is 10.1. The fourth-order valence-electron chi connectivity index (χ4n) is 2.33. The standard InChI is InChI=1S/C16H17NO2/c1-11(15-8-5-9-18-15)17-10-14-12(2)19-16-7-4-3-6-13(14)16/h3-9,11,17H,10H2,1-2H3/t11-/m0/s1. The van der Waals surface area contributed by atoms with E-state index in [9.17, 15) is 0 Å². The molecule has 3 heteroatoms. The Morgan fingerprint density at radius 1 is 1.16 bits per heavy atom. The molecule has 3 nitrogen and oxygen atoms in total. The number of para-hydroxylation sites is 1. The third kappa shape index (κ3) is 2.29. The summed E-state index contributed by atoms with van der Waals surface area (Å²) in [7, 11) is 0. The summed E-state index contributed by atoms with van der Waals surface area (Å²) >= 11 is 0. The van der Waals surface area contributed by atoms with E-state index < -0.39 is 0 Å². The van der Waals surface area contributed by atoms with E-state index in [4.69, 9.17) is 8.83 Å². The molecular weight excluding hydrogens is 238 g/mol. The smallest absolute Gasteiger partial charge is 0.134 e. The average molecular weight is 255 g/mol. The Morgan fingerprint density at radius 3 is 2.79 bits per heavy atom. The van der Waals surface area contributed by atoms with Crippen molar-refractivity contribution in [1.29, 1.82) is 0 Å². The van der Waals surface area contributed by atoms with Crippen LogP contribution in [0.2, 0.25) is 0 Å². The molecule has 0 amide bonds. The molecule has 3 aromatic rings. The van der Waals surface area contributed by atoms with Crippen LogP contribution < -0.4 is 5.32 Å². The zero-order valence-corrected chi connectivity index (χ0v) is 11.1. The quantitative estimate of drug-likeness (QED) is 0.759. The highest BCUT2D eigenvalue weighted by Crippen LogP contribution is 2.25. The Hall–Kier alpha value is -2.00. The predicted molar refractivity (Wildman–Crippen MR) is 74.9 cm³/mol. The highest BCUT2D eigenvalue weighted by Gasteiger charge is 2.13. The normalized spacial score (nSPS) is 12.9. The van der Waals surface area contributed by atoms with Crippen molar-refractivity contribution in [2.45, 2.75) is 26.4 Å². The largest absolute Gasteiger partial charge is 0.468 e. The van der Waals surface area contributed by atoms with Gasteiger partial charge < -0.3 is 14.2 Å². The van der Waals surface area contributed by atoms with Crippen LogP contribution in [-0.4, -0.2) is 0 Å². The van der Waals surface area contributed by atoms with Gasteiger partial charge >= 0.3 is 0 Å². The van der Waals surface area contributed by atoms with E-state index in [0.717, 1.165) is 23.6 Å². The van der Waals surface area contributed by atoms with Gasteiger partial charge in [0.1, 0.15) is 17.1 Å². The molecule has 0 radical (unpaired) electrons. The second-order valence-corrected chi connectivity index (χ2v) is 4.75. The van der Waals surface area contributed by atoms with Crippen molar-refractivity contribution in [2.75, 3.05) is 0 Å². The number of fused-ring (bicyclic) bond motifs is 1. The number of nitrogens with one attached hydrogen (secondary N) is 1. The van der Waals surface area contributed by atoms with Gasteiger partial charge in [-0.3, -0.25) is 0 Å². The molecule has 2 aromatic heterocycles. The van der Waals surface area contributed by atoms with Gasteiger partial charge in [-0.25, -0.2) is 0 Å². The number of hydrogen-bond donors (Lipinski definition) is 1. The first-order valence-corrected chi connectivity index (χ1v) is 6.49. The van der Waals surface area contributed by atoms with Gasteiger partial charge in [0, 0.05) is 17.5 Å².